The molecule has 0 saturated heterocycles. The van der Waals surface area contributed by atoms with Gasteiger partial charge in [0.15, 0.2) is 0 Å². The summed E-state index contributed by atoms with van der Waals surface area (Å²) in [5.41, 5.74) is 0.565. The zero-order valence-electron chi connectivity index (χ0n) is 8.64. The van der Waals surface area contributed by atoms with E-state index in [0.29, 0.717) is 4.90 Å². The maximum atomic E-state index is 11.8. The van der Waals surface area contributed by atoms with Crippen LogP contribution in [0.25, 0.3) is 0 Å². The molecule has 0 bridgehead atoms. The number of carbonyl (C=O) groups excluding carboxylic acids is 3. The van der Waals surface area contributed by atoms with E-state index in [9.17, 15) is 14.4 Å². The molecule has 3 amide bonds. The molecule has 0 aromatic heterocycles. The highest BCUT2D eigenvalue weighted by molar-refractivity contribution is 6.30. The summed E-state index contributed by atoms with van der Waals surface area (Å²) in [5, 5.41) is 0. The van der Waals surface area contributed by atoms with Crippen LogP contribution in [-0.4, -0.2) is 22.6 Å². The molecule has 2 rings (SSSR count). The first-order valence-electron chi connectivity index (χ1n) is 4.81. The third kappa shape index (κ3) is 1.35. The van der Waals surface area contributed by atoms with E-state index in [2.05, 4.69) is 0 Å². The summed E-state index contributed by atoms with van der Waals surface area (Å²) in [6.07, 6.45) is 2.69. The van der Waals surface area contributed by atoms with E-state index in [1.165, 1.54) is 12.2 Å². The fraction of sp³-hybridized carbons (Fsp3) is 0.0833. The van der Waals surface area contributed by atoms with Crippen LogP contribution in [0.3, 0.4) is 0 Å². The Morgan fingerprint density at radius 2 is 1.62 bits per heavy atom. The summed E-state index contributed by atoms with van der Waals surface area (Å²) in [5.74, 6) is -1.71. The number of allylic oxidation sites excluding steroid dienone is 1. The zero-order chi connectivity index (χ0) is 11.7. The van der Waals surface area contributed by atoms with Crippen molar-refractivity contribution in [2.24, 2.45) is 0 Å². The Kier molecular flexibility index (Phi) is 2.40. The Morgan fingerprint density at radius 3 is 2.06 bits per heavy atom. The number of hydrogen-bond acceptors (Lipinski definition) is 3. The molecular weight excluding hydrogens is 206 g/mol. The first-order chi connectivity index (χ1) is 7.66. The summed E-state index contributed by atoms with van der Waals surface area (Å²) < 4.78 is 0. The van der Waals surface area contributed by atoms with Crippen molar-refractivity contribution in [1.29, 1.82) is 0 Å². The predicted molar refractivity (Wildman–Crippen MR) is 56.8 cm³/mol. The molecule has 16 heavy (non-hydrogen) atoms. The normalized spacial score (nSPS) is 14.7. The molecule has 1 heterocycles. The fourth-order valence-electron chi connectivity index (χ4n) is 1.61. The number of nitrogens with zero attached hydrogens (tertiary/aromatic N) is 1. The third-order valence-electron chi connectivity index (χ3n) is 2.32. The van der Waals surface area contributed by atoms with Gasteiger partial charge in [0.2, 0.25) is 0 Å². The molecule has 0 saturated carbocycles. The van der Waals surface area contributed by atoms with Crippen molar-refractivity contribution < 1.29 is 14.4 Å². The average molecular weight is 215 g/mol. The van der Waals surface area contributed by atoms with Gasteiger partial charge in [0.1, 0.15) is 0 Å². The number of fused-ring (bicyclic) bond motifs is 1. The molecule has 0 radical (unpaired) electrons. The van der Waals surface area contributed by atoms with Gasteiger partial charge in [-0.15, -0.1) is 0 Å². The lowest BCUT2D eigenvalue weighted by Gasteiger charge is -2.07. The lowest BCUT2D eigenvalue weighted by molar-refractivity contribution is -0.121. The molecule has 1 aliphatic heterocycles. The third-order valence-corrected chi connectivity index (χ3v) is 2.32. The van der Waals surface area contributed by atoms with Crippen molar-refractivity contribution >= 4 is 17.7 Å². The number of imide groups is 3. The lowest BCUT2D eigenvalue weighted by atomic mass is 10.1. The van der Waals surface area contributed by atoms with Crippen molar-refractivity contribution in [1.82, 2.24) is 4.90 Å². The summed E-state index contributed by atoms with van der Waals surface area (Å²) in [4.78, 5) is 35.7. The van der Waals surface area contributed by atoms with Crippen LogP contribution in [0.2, 0.25) is 0 Å². The van der Waals surface area contributed by atoms with Crippen LogP contribution in [0.4, 0.5) is 0 Å². The van der Waals surface area contributed by atoms with E-state index >= 15 is 0 Å². The van der Waals surface area contributed by atoms with Gasteiger partial charge in [-0.1, -0.05) is 18.2 Å². The Hall–Kier alpha value is -2.23. The van der Waals surface area contributed by atoms with Crippen LogP contribution in [0, 0.1) is 0 Å². The second-order valence-corrected chi connectivity index (χ2v) is 3.33. The topological polar surface area (TPSA) is 54.5 Å². The molecule has 0 atom stereocenters. The Morgan fingerprint density at radius 1 is 1.12 bits per heavy atom. The van der Waals surface area contributed by atoms with E-state index in [0.717, 1.165) is 0 Å². The number of hydrogen-bond donors (Lipinski definition) is 0. The molecule has 0 N–H and O–H groups in total. The van der Waals surface area contributed by atoms with Gasteiger partial charge < -0.3 is 0 Å². The van der Waals surface area contributed by atoms with Crippen LogP contribution in [0.1, 0.15) is 27.6 Å². The monoisotopic (exact) mass is 215 g/mol. The van der Waals surface area contributed by atoms with Gasteiger partial charge in [0.05, 0.1) is 11.1 Å². The highest BCUT2D eigenvalue weighted by Gasteiger charge is 2.38. The molecule has 4 heteroatoms. The van der Waals surface area contributed by atoms with Crippen LogP contribution < -0.4 is 0 Å². The maximum absolute atomic E-state index is 11.8. The zero-order valence-corrected chi connectivity index (χ0v) is 8.64. The summed E-state index contributed by atoms with van der Waals surface area (Å²) in [6.45, 7) is 1.65. The van der Waals surface area contributed by atoms with Gasteiger partial charge >= 0.3 is 0 Å². The average Bonchev–Trinajstić information content (AvgIpc) is 2.53. The number of benzene rings is 1. The molecule has 0 fully saturated rings. The molecule has 0 aliphatic carbocycles. The molecule has 80 valence electrons. The van der Waals surface area contributed by atoms with E-state index in [-0.39, 0.29) is 11.1 Å². The summed E-state index contributed by atoms with van der Waals surface area (Å²) in [7, 11) is 0. The maximum Gasteiger partial charge on any atom is 0.268 e. The van der Waals surface area contributed by atoms with Gasteiger partial charge in [-0.25, -0.2) is 4.90 Å². The van der Waals surface area contributed by atoms with Gasteiger partial charge in [0.25, 0.3) is 17.7 Å². The van der Waals surface area contributed by atoms with Crippen LogP contribution in [0.5, 0.6) is 0 Å². The van der Waals surface area contributed by atoms with Crippen LogP contribution in [-0.2, 0) is 4.79 Å². The minimum Gasteiger partial charge on any atom is -0.269 e. The first kappa shape index (κ1) is 10.3. The SMILES string of the molecule is C/C=C/C(=O)N1C(=O)c2ccccc2C1=O. The highest BCUT2D eigenvalue weighted by Crippen LogP contribution is 2.22. The highest BCUT2D eigenvalue weighted by atomic mass is 16.2. The standard InChI is InChI=1S/C12H9NO3/c1-2-5-10(14)13-11(15)8-6-3-4-7-9(8)12(13)16/h2-7H,1H3/b5-2+. The molecule has 1 aliphatic rings. The van der Waals surface area contributed by atoms with Gasteiger partial charge in [-0.05, 0) is 25.1 Å². The van der Waals surface area contributed by atoms with E-state index < -0.39 is 17.7 Å². The predicted octanol–water partition coefficient (Wildman–Crippen LogP) is 1.39. The van der Waals surface area contributed by atoms with Crippen molar-refractivity contribution in [2.45, 2.75) is 6.92 Å². The summed E-state index contributed by atoms with van der Waals surface area (Å²) in [6, 6.07) is 6.40. The lowest BCUT2D eigenvalue weighted by Crippen LogP contribution is -2.34. The number of rotatable bonds is 1. The number of carbonyl (C=O) groups is 3. The molecule has 0 spiro atoms. The van der Waals surface area contributed by atoms with E-state index in [1.54, 1.807) is 31.2 Å². The quantitative estimate of drug-likeness (QED) is 0.525. The largest absolute Gasteiger partial charge is 0.269 e. The number of amides is 3. The van der Waals surface area contributed by atoms with Crippen LogP contribution >= 0.6 is 0 Å². The second kappa shape index (κ2) is 3.73. The van der Waals surface area contributed by atoms with Gasteiger partial charge in [0, 0.05) is 0 Å². The van der Waals surface area contributed by atoms with E-state index in [1.807, 2.05) is 0 Å². The van der Waals surface area contributed by atoms with Crippen molar-refractivity contribution in [3.8, 4) is 0 Å². The Labute approximate surface area is 92.2 Å². The van der Waals surface area contributed by atoms with Gasteiger partial charge in [-0.2, -0.15) is 0 Å². The Bertz CT molecular complexity index is 482. The summed E-state index contributed by atoms with van der Waals surface area (Å²) >= 11 is 0. The molecule has 0 unspecified atom stereocenters. The first-order valence-corrected chi connectivity index (χ1v) is 4.81. The van der Waals surface area contributed by atoms with Crippen molar-refractivity contribution in [3.05, 3.63) is 47.5 Å². The molecular formula is C12H9NO3. The van der Waals surface area contributed by atoms with Crippen molar-refractivity contribution in [3.63, 3.8) is 0 Å². The van der Waals surface area contributed by atoms with E-state index in [4.69, 9.17) is 0 Å². The fourth-order valence-corrected chi connectivity index (χ4v) is 1.61. The van der Waals surface area contributed by atoms with Crippen molar-refractivity contribution in [2.75, 3.05) is 0 Å². The van der Waals surface area contributed by atoms with Crippen LogP contribution in [0.15, 0.2) is 36.4 Å². The molecule has 1 aromatic carbocycles. The minimum atomic E-state index is -0.603. The smallest absolute Gasteiger partial charge is 0.268 e. The molecule has 1 aromatic rings. The Balaban J connectivity index is 2.46. The molecule has 4 nitrogen and oxygen atoms in total. The van der Waals surface area contributed by atoms with Gasteiger partial charge in [-0.3, -0.25) is 14.4 Å². The second-order valence-electron chi connectivity index (χ2n) is 3.33. The minimum absolute atomic E-state index is 0.283.